The molecule has 100 valence electrons. The molecule has 0 aliphatic rings. The highest BCUT2D eigenvalue weighted by atomic mass is 16.1. The smallest absolute Gasteiger partial charge is 0.164 e. The average molecular weight is 255 g/mol. The molecule has 19 heavy (non-hydrogen) atoms. The lowest BCUT2D eigenvalue weighted by Gasteiger charge is -2.07. The molecule has 2 aromatic rings. The van der Waals surface area contributed by atoms with Crippen molar-refractivity contribution < 1.29 is 4.79 Å². The molecular weight excluding hydrogens is 234 g/mol. The fourth-order valence-electron chi connectivity index (χ4n) is 2.35. The highest BCUT2D eigenvalue weighted by Crippen LogP contribution is 2.23. The molecule has 0 saturated carbocycles. The second-order valence-corrected chi connectivity index (χ2v) is 5.02. The Bertz CT molecular complexity index is 574. The normalized spacial score (nSPS) is 10.8. The van der Waals surface area contributed by atoms with Crippen LogP contribution in [-0.4, -0.2) is 5.78 Å². The molecule has 2 aromatic carbocycles. The van der Waals surface area contributed by atoms with E-state index >= 15 is 0 Å². The first-order valence-corrected chi connectivity index (χ1v) is 7.04. The number of hydrogen-bond donors (Lipinski definition) is 1. The molecule has 0 bridgehead atoms. The molecule has 0 radical (unpaired) electrons. The number of Topliss-reactive ketones (excluding diaryl/α,β-unsaturated/α-hetero) is 1. The van der Waals surface area contributed by atoms with Crippen LogP contribution < -0.4 is 5.73 Å². The van der Waals surface area contributed by atoms with Gasteiger partial charge in [0.1, 0.15) is 0 Å². The second kappa shape index (κ2) is 6.37. The third kappa shape index (κ3) is 3.34. The van der Waals surface area contributed by atoms with Crippen LogP contribution in [0.1, 0.15) is 49.4 Å². The number of unbranched alkanes of at least 4 members (excludes halogenated alkanes) is 3. The molecule has 0 aromatic heterocycles. The number of nitrogen functional groups attached to an aromatic ring is 1. The van der Waals surface area contributed by atoms with Crippen LogP contribution >= 0.6 is 0 Å². The van der Waals surface area contributed by atoms with E-state index in [4.69, 9.17) is 5.73 Å². The molecule has 0 atom stereocenters. The number of benzene rings is 2. The number of hydrogen-bond acceptors (Lipinski definition) is 2. The molecule has 0 amide bonds. The lowest BCUT2D eigenvalue weighted by Crippen LogP contribution is -2.03. The molecule has 0 fully saturated rings. The van der Waals surface area contributed by atoms with Gasteiger partial charge in [0, 0.05) is 17.7 Å². The van der Waals surface area contributed by atoms with Gasteiger partial charge in [-0.15, -0.1) is 0 Å². The number of anilines is 1. The molecule has 0 saturated heterocycles. The van der Waals surface area contributed by atoms with Crippen LogP contribution in [0.3, 0.4) is 0 Å². The third-order valence-electron chi connectivity index (χ3n) is 3.48. The second-order valence-electron chi connectivity index (χ2n) is 5.02. The monoisotopic (exact) mass is 255 g/mol. The van der Waals surface area contributed by atoms with Gasteiger partial charge in [-0.1, -0.05) is 50.5 Å². The average Bonchev–Trinajstić information content (AvgIpc) is 2.42. The van der Waals surface area contributed by atoms with Crippen molar-refractivity contribution >= 4 is 22.2 Å². The Balaban J connectivity index is 2.15. The van der Waals surface area contributed by atoms with Crippen LogP contribution in [-0.2, 0) is 0 Å². The first kappa shape index (κ1) is 13.6. The Morgan fingerprint density at radius 2 is 1.74 bits per heavy atom. The number of carbonyl (C=O) groups is 1. The summed E-state index contributed by atoms with van der Waals surface area (Å²) in [5.41, 5.74) is 7.27. The molecule has 2 nitrogen and oxygen atoms in total. The maximum Gasteiger partial charge on any atom is 0.164 e. The Morgan fingerprint density at radius 3 is 2.42 bits per heavy atom. The van der Waals surface area contributed by atoms with E-state index in [-0.39, 0.29) is 5.78 Å². The van der Waals surface area contributed by atoms with Gasteiger partial charge in [0.15, 0.2) is 5.78 Å². The highest BCUT2D eigenvalue weighted by Gasteiger charge is 2.10. The fourth-order valence-corrected chi connectivity index (χ4v) is 2.35. The maximum absolute atomic E-state index is 12.2. The van der Waals surface area contributed by atoms with Crippen molar-refractivity contribution in [1.82, 2.24) is 0 Å². The standard InChI is InChI=1S/C17H21NO/c1-2-3-4-5-10-17(19)15-11-13-8-6-7-9-14(13)12-16(15)18/h6-9,11-12H,2-5,10,18H2,1H3. The first-order valence-electron chi connectivity index (χ1n) is 7.04. The van der Waals surface area contributed by atoms with Crippen molar-refractivity contribution in [1.29, 1.82) is 0 Å². The summed E-state index contributed by atoms with van der Waals surface area (Å²) in [6.07, 6.45) is 5.06. The number of fused-ring (bicyclic) bond motifs is 1. The molecular formula is C17H21NO. The summed E-state index contributed by atoms with van der Waals surface area (Å²) in [4.78, 5) is 12.2. The van der Waals surface area contributed by atoms with E-state index in [1.54, 1.807) is 0 Å². The zero-order valence-corrected chi connectivity index (χ0v) is 11.5. The molecule has 0 spiro atoms. The molecule has 0 unspecified atom stereocenters. The third-order valence-corrected chi connectivity index (χ3v) is 3.48. The van der Waals surface area contributed by atoms with Gasteiger partial charge in [0.25, 0.3) is 0 Å². The number of nitrogens with two attached hydrogens (primary N) is 1. The van der Waals surface area contributed by atoms with Crippen molar-refractivity contribution in [2.24, 2.45) is 0 Å². The minimum Gasteiger partial charge on any atom is -0.398 e. The summed E-state index contributed by atoms with van der Waals surface area (Å²) in [6.45, 7) is 2.17. The molecule has 2 N–H and O–H groups in total. The van der Waals surface area contributed by atoms with E-state index in [0.29, 0.717) is 17.7 Å². The Hall–Kier alpha value is -1.83. The van der Waals surface area contributed by atoms with Crippen LogP contribution in [0.15, 0.2) is 36.4 Å². The van der Waals surface area contributed by atoms with E-state index < -0.39 is 0 Å². The lowest BCUT2D eigenvalue weighted by molar-refractivity contribution is 0.0980. The number of rotatable bonds is 6. The summed E-state index contributed by atoms with van der Waals surface area (Å²) < 4.78 is 0. The van der Waals surface area contributed by atoms with Crippen LogP contribution in [0.2, 0.25) is 0 Å². The van der Waals surface area contributed by atoms with E-state index in [0.717, 1.165) is 23.6 Å². The molecule has 2 heteroatoms. The summed E-state index contributed by atoms with van der Waals surface area (Å²) in [5.74, 6) is 0.166. The van der Waals surface area contributed by atoms with Gasteiger partial charge in [-0.3, -0.25) is 4.79 Å². The van der Waals surface area contributed by atoms with Crippen molar-refractivity contribution in [2.75, 3.05) is 5.73 Å². The van der Waals surface area contributed by atoms with Crippen LogP contribution in [0.5, 0.6) is 0 Å². The van der Waals surface area contributed by atoms with Crippen molar-refractivity contribution in [3.63, 3.8) is 0 Å². The topological polar surface area (TPSA) is 43.1 Å². The summed E-state index contributed by atoms with van der Waals surface area (Å²) in [6, 6.07) is 11.8. The molecule has 2 rings (SSSR count). The van der Waals surface area contributed by atoms with Gasteiger partial charge in [0.05, 0.1) is 0 Å². The Labute approximate surface area is 114 Å². The van der Waals surface area contributed by atoms with Crippen LogP contribution in [0.4, 0.5) is 5.69 Å². The maximum atomic E-state index is 12.2. The van der Waals surface area contributed by atoms with Gasteiger partial charge in [-0.05, 0) is 29.3 Å². The van der Waals surface area contributed by atoms with Crippen molar-refractivity contribution in [3.05, 3.63) is 42.0 Å². The summed E-state index contributed by atoms with van der Waals surface area (Å²) in [7, 11) is 0. The quantitative estimate of drug-likeness (QED) is 0.466. The predicted octanol–water partition coefficient (Wildman–Crippen LogP) is 4.58. The van der Waals surface area contributed by atoms with E-state index in [1.165, 1.54) is 12.8 Å². The number of ketones is 1. The minimum atomic E-state index is 0.166. The highest BCUT2D eigenvalue weighted by molar-refractivity contribution is 6.05. The fraction of sp³-hybridized carbons (Fsp3) is 0.353. The zero-order valence-electron chi connectivity index (χ0n) is 11.5. The number of carbonyl (C=O) groups excluding carboxylic acids is 1. The largest absolute Gasteiger partial charge is 0.398 e. The summed E-state index contributed by atoms with van der Waals surface area (Å²) >= 11 is 0. The SMILES string of the molecule is CCCCCCC(=O)c1cc2ccccc2cc1N. The van der Waals surface area contributed by atoms with E-state index in [1.807, 2.05) is 36.4 Å². The first-order chi connectivity index (χ1) is 9.22. The van der Waals surface area contributed by atoms with Gasteiger partial charge >= 0.3 is 0 Å². The van der Waals surface area contributed by atoms with Gasteiger partial charge in [0.2, 0.25) is 0 Å². The molecule has 0 aliphatic carbocycles. The van der Waals surface area contributed by atoms with Crippen LogP contribution in [0, 0.1) is 0 Å². The Kier molecular flexibility index (Phi) is 4.56. The summed E-state index contributed by atoms with van der Waals surface area (Å²) in [5, 5.41) is 2.16. The molecule has 0 aliphatic heterocycles. The zero-order chi connectivity index (χ0) is 13.7. The van der Waals surface area contributed by atoms with Gasteiger partial charge in [-0.2, -0.15) is 0 Å². The van der Waals surface area contributed by atoms with E-state index in [9.17, 15) is 4.79 Å². The molecule has 0 heterocycles. The Morgan fingerprint density at radius 1 is 1.05 bits per heavy atom. The predicted molar refractivity (Wildman–Crippen MR) is 81.4 cm³/mol. The van der Waals surface area contributed by atoms with E-state index in [2.05, 4.69) is 6.92 Å². The van der Waals surface area contributed by atoms with Crippen molar-refractivity contribution in [2.45, 2.75) is 39.0 Å². The minimum absolute atomic E-state index is 0.166. The van der Waals surface area contributed by atoms with Gasteiger partial charge in [-0.25, -0.2) is 0 Å². The van der Waals surface area contributed by atoms with Crippen LogP contribution in [0.25, 0.3) is 10.8 Å². The lowest BCUT2D eigenvalue weighted by atomic mass is 9.99. The van der Waals surface area contributed by atoms with Crippen molar-refractivity contribution in [3.8, 4) is 0 Å². The van der Waals surface area contributed by atoms with Gasteiger partial charge < -0.3 is 5.73 Å².